The molecule has 1 aromatic carbocycles. The highest BCUT2D eigenvalue weighted by Crippen LogP contribution is 2.35. The Labute approximate surface area is 206 Å². The standard InChI is InChI=1S/C24H28BrN5O2S/c1-14-11-18(25)5-6-19(14)28-20(31)12-29(4)24(32)17-7-9-30(10-8-17)22-21-15(2)16(3)33-23(21)27-13-26-22/h5-6,11,13,17H,7-10,12H2,1-4H3,(H,28,31). The zero-order chi connectivity index (χ0) is 23.7. The van der Waals surface area contributed by atoms with E-state index in [1.54, 1.807) is 29.6 Å². The van der Waals surface area contributed by atoms with E-state index in [4.69, 9.17) is 0 Å². The number of rotatable bonds is 5. The molecule has 0 aliphatic carbocycles. The smallest absolute Gasteiger partial charge is 0.243 e. The summed E-state index contributed by atoms with van der Waals surface area (Å²) in [6.07, 6.45) is 3.11. The molecule has 7 nitrogen and oxygen atoms in total. The molecule has 0 unspecified atom stereocenters. The molecule has 1 aliphatic heterocycles. The minimum Gasteiger partial charge on any atom is -0.356 e. The van der Waals surface area contributed by atoms with Crippen LogP contribution in [-0.2, 0) is 9.59 Å². The van der Waals surface area contributed by atoms with Crippen LogP contribution in [0.1, 0.15) is 28.8 Å². The van der Waals surface area contributed by atoms with Gasteiger partial charge in [-0.2, -0.15) is 0 Å². The molecule has 3 aromatic rings. The number of aromatic nitrogens is 2. The highest BCUT2D eigenvalue weighted by Gasteiger charge is 2.29. The number of amides is 2. The Morgan fingerprint density at radius 3 is 2.64 bits per heavy atom. The van der Waals surface area contributed by atoms with E-state index >= 15 is 0 Å². The van der Waals surface area contributed by atoms with E-state index in [2.05, 4.69) is 50.0 Å². The van der Waals surface area contributed by atoms with Crippen molar-refractivity contribution in [1.29, 1.82) is 0 Å². The van der Waals surface area contributed by atoms with Crippen LogP contribution in [0.3, 0.4) is 0 Å². The first-order valence-corrected chi connectivity index (χ1v) is 12.6. The van der Waals surface area contributed by atoms with Gasteiger partial charge in [0.2, 0.25) is 11.8 Å². The van der Waals surface area contributed by atoms with E-state index in [0.29, 0.717) is 0 Å². The van der Waals surface area contributed by atoms with Gasteiger partial charge in [0, 0.05) is 41.1 Å². The summed E-state index contributed by atoms with van der Waals surface area (Å²) in [6, 6.07) is 5.69. The Bertz CT molecular complexity index is 1200. The summed E-state index contributed by atoms with van der Waals surface area (Å²) in [7, 11) is 1.70. The number of hydrogen-bond donors (Lipinski definition) is 1. The predicted molar refractivity (Wildman–Crippen MR) is 137 cm³/mol. The van der Waals surface area contributed by atoms with Gasteiger partial charge in [-0.1, -0.05) is 15.9 Å². The van der Waals surface area contributed by atoms with Gasteiger partial charge in [-0.05, 0) is 62.9 Å². The number of aryl methyl sites for hydroxylation is 3. The number of likely N-dealkylation sites (N-methyl/N-ethyl adjacent to an activating group) is 1. The second-order valence-electron chi connectivity index (χ2n) is 8.62. The first-order valence-electron chi connectivity index (χ1n) is 11.0. The summed E-state index contributed by atoms with van der Waals surface area (Å²) in [4.78, 5) is 40.6. The van der Waals surface area contributed by atoms with Crippen molar-refractivity contribution in [3.05, 3.63) is 45.0 Å². The van der Waals surface area contributed by atoms with Gasteiger partial charge in [0.05, 0.1) is 11.9 Å². The molecule has 0 atom stereocenters. The average Bonchev–Trinajstić information content (AvgIpc) is 3.09. The monoisotopic (exact) mass is 529 g/mol. The van der Waals surface area contributed by atoms with Crippen LogP contribution in [0.15, 0.2) is 29.0 Å². The summed E-state index contributed by atoms with van der Waals surface area (Å²) >= 11 is 5.12. The highest BCUT2D eigenvalue weighted by atomic mass is 79.9. The zero-order valence-corrected chi connectivity index (χ0v) is 21.7. The van der Waals surface area contributed by atoms with Crippen LogP contribution >= 0.6 is 27.3 Å². The van der Waals surface area contributed by atoms with Crippen LogP contribution in [-0.4, -0.2) is 53.4 Å². The van der Waals surface area contributed by atoms with E-state index < -0.39 is 0 Å². The molecule has 1 fully saturated rings. The number of thiophene rings is 1. The molecule has 0 saturated carbocycles. The van der Waals surface area contributed by atoms with Gasteiger partial charge in [0.1, 0.15) is 17.0 Å². The third-order valence-electron chi connectivity index (χ3n) is 6.31. The maximum absolute atomic E-state index is 13.0. The number of nitrogens with one attached hydrogen (secondary N) is 1. The summed E-state index contributed by atoms with van der Waals surface area (Å²) in [5.74, 6) is 0.703. The summed E-state index contributed by atoms with van der Waals surface area (Å²) in [6.45, 7) is 7.72. The van der Waals surface area contributed by atoms with Gasteiger partial charge in [-0.3, -0.25) is 9.59 Å². The van der Waals surface area contributed by atoms with E-state index in [1.165, 1.54) is 10.4 Å². The molecule has 0 spiro atoms. The normalized spacial score (nSPS) is 14.5. The first kappa shape index (κ1) is 23.6. The lowest BCUT2D eigenvalue weighted by Gasteiger charge is -2.34. The number of carbonyl (C=O) groups is 2. The molecule has 9 heteroatoms. The minimum absolute atomic E-state index is 0.0210. The molecule has 174 valence electrons. The number of piperidine rings is 1. The number of nitrogens with zero attached hydrogens (tertiary/aromatic N) is 4. The minimum atomic E-state index is -0.194. The highest BCUT2D eigenvalue weighted by molar-refractivity contribution is 9.10. The predicted octanol–water partition coefficient (Wildman–Crippen LogP) is 4.69. The number of anilines is 2. The molecule has 0 bridgehead atoms. The molecule has 1 aliphatic rings. The van der Waals surface area contributed by atoms with Crippen molar-refractivity contribution in [2.75, 3.05) is 36.9 Å². The van der Waals surface area contributed by atoms with Crippen LogP contribution in [0.25, 0.3) is 10.2 Å². The number of carbonyl (C=O) groups excluding carboxylic acids is 2. The van der Waals surface area contributed by atoms with Crippen molar-refractivity contribution in [1.82, 2.24) is 14.9 Å². The molecule has 33 heavy (non-hydrogen) atoms. The number of halogens is 1. The van der Waals surface area contributed by atoms with Crippen molar-refractivity contribution in [2.45, 2.75) is 33.6 Å². The quantitative estimate of drug-likeness (QED) is 0.518. The Kier molecular flexibility index (Phi) is 6.99. The van der Waals surface area contributed by atoms with E-state index in [0.717, 1.165) is 57.7 Å². The van der Waals surface area contributed by atoms with Crippen LogP contribution in [0.4, 0.5) is 11.5 Å². The lowest BCUT2D eigenvalue weighted by molar-refractivity contribution is -0.137. The Morgan fingerprint density at radius 1 is 1.21 bits per heavy atom. The summed E-state index contributed by atoms with van der Waals surface area (Å²) < 4.78 is 0.962. The third kappa shape index (κ3) is 5.04. The molecule has 1 N–H and O–H groups in total. The zero-order valence-electron chi connectivity index (χ0n) is 19.3. The van der Waals surface area contributed by atoms with Gasteiger partial charge in [-0.25, -0.2) is 9.97 Å². The largest absolute Gasteiger partial charge is 0.356 e. The molecule has 0 radical (unpaired) electrons. The molecule has 2 amide bonds. The first-order chi connectivity index (χ1) is 15.7. The second-order valence-corrected chi connectivity index (χ2v) is 10.7. The average molecular weight is 530 g/mol. The molecular formula is C24H28BrN5O2S. The van der Waals surface area contributed by atoms with E-state index in [-0.39, 0.29) is 24.3 Å². The van der Waals surface area contributed by atoms with Crippen molar-refractivity contribution in [2.24, 2.45) is 5.92 Å². The van der Waals surface area contributed by atoms with Gasteiger partial charge in [0.25, 0.3) is 0 Å². The molecule has 2 aromatic heterocycles. The van der Waals surface area contributed by atoms with Crippen LogP contribution < -0.4 is 10.2 Å². The second kappa shape index (κ2) is 9.77. The van der Waals surface area contributed by atoms with Crippen molar-refractivity contribution in [3.63, 3.8) is 0 Å². The van der Waals surface area contributed by atoms with Gasteiger partial charge >= 0.3 is 0 Å². The van der Waals surface area contributed by atoms with Gasteiger partial charge in [0.15, 0.2) is 0 Å². The number of benzene rings is 1. The number of hydrogen-bond acceptors (Lipinski definition) is 6. The van der Waals surface area contributed by atoms with Crippen LogP contribution in [0, 0.1) is 26.7 Å². The summed E-state index contributed by atoms with van der Waals surface area (Å²) in [5.41, 5.74) is 2.96. The lowest BCUT2D eigenvalue weighted by atomic mass is 9.95. The Hall–Kier alpha value is -2.52. The van der Waals surface area contributed by atoms with Crippen LogP contribution in [0.5, 0.6) is 0 Å². The van der Waals surface area contributed by atoms with Gasteiger partial charge in [-0.15, -0.1) is 11.3 Å². The maximum atomic E-state index is 13.0. The maximum Gasteiger partial charge on any atom is 0.243 e. The van der Waals surface area contributed by atoms with Crippen molar-refractivity contribution < 1.29 is 9.59 Å². The Morgan fingerprint density at radius 2 is 1.94 bits per heavy atom. The Balaban J connectivity index is 1.35. The van der Waals surface area contributed by atoms with E-state index in [9.17, 15) is 9.59 Å². The third-order valence-corrected chi connectivity index (χ3v) is 7.92. The van der Waals surface area contributed by atoms with Crippen molar-refractivity contribution in [3.8, 4) is 0 Å². The SMILES string of the molecule is Cc1cc(Br)ccc1NC(=O)CN(C)C(=O)C1CCN(c2ncnc3sc(C)c(C)c23)CC1. The fourth-order valence-electron chi connectivity index (χ4n) is 4.30. The fraction of sp³-hybridized carbons (Fsp3) is 0.417. The molecule has 4 rings (SSSR count). The molecule has 3 heterocycles. The molecular weight excluding hydrogens is 502 g/mol. The van der Waals surface area contributed by atoms with Crippen LogP contribution in [0.2, 0.25) is 0 Å². The van der Waals surface area contributed by atoms with E-state index in [1.807, 2.05) is 25.1 Å². The number of fused-ring (bicyclic) bond motifs is 1. The topological polar surface area (TPSA) is 78.4 Å². The summed E-state index contributed by atoms with van der Waals surface area (Å²) in [5, 5.41) is 4.03. The van der Waals surface area contributed by atoms with Gasteiger partial charge < -0.3 is 15.1 Å². The lowest BCUT2D eigenvalue weighted by Crippen LogP contribution is -2.43. The van der Waals surface area contributed by atoms with Crippen molar-refractivity contribution >= 4 is 60.8 Å². The molecule has 1 saturated heterocycles. The fourth-order valence-corrected chi connectivity index (χ4v) is 5.77.